The average Bonchev–Trinajstić information content (AvgIpc) is 2.24. The Hall–Kier alpha value is -0.430. The highest BCUT2D eigenvalue weighted by Gasteiger charge is 2.26. The lowest BCUT2D eigenvalue weighted by Gasteiger charge is -2.00. The lowest BCUT2D eigenvalue weighted by Crippen LogP contribution is -2.02. The molecule has 0 heterocycles. The second-order valence-electron chi connectivity index (χ2n) is 1.90. The number of halogens is 4. The van der Waals surface area contributed by atoms with Gasteiger partial charge in [-0.05, 0) is 0 Å². The molecule has 0 atom stereocenters. The summed E-state index contributed by atoms with van der Waals surface area (Å²) in [5.41, 5.74) is 0. The molecule has 0 aliphatic carbocycles. The SMILES string of the molecule is N#C/C(Cl)=C(/Cl)S(=O)(=O)/C(Cl)=C(/Cl)C#N. The average molecular weight is 306 g/mol. The molecule has 0 radical (unpaired) electrons. The summed E-state index contributed by atoms with van der Waals surface area (Å²) in [6.07, 6.45) is 0. The Bertz CT molecular complexity index is 478. The quantitative estimate of drug-likeness (QED) is 0.734. The lowest BCUT2D eigenvalue weighted by atomic mass is 10.7. The van der Waals surface area contributed by atoms with E-state index in [1.54, 1.807) is 0 Å². The highest BCUT2D eigenvalue weighted by atomic mass is 35.5. The number of nitrogens with zero attached hydrogens (tertiary/aromatic N) is 2. The van der Waals surface area contributed by atoms with E-state index in [4.69, 9.17) is 56.9 Å². The van der Waals surface area contributed by atoms with Gasteiger partial charge in [-0.1, -0.05) is 46.4 Å². The van der Waals surface area contributed by atoms with Crippen LogP contribution in [0.5, 0.6) is 0 Å². The maximum atomic E-state index is 11.4. The van der Waals surface area contributed by atoms with Crippen LogP contribution in [0.1, 0.15) is 0 Å². The molecular weight excluding hydrogens is 306 g/mol. The van der Waals surface area contributed by atoms with Crippen LogP contribution < -0.4 is 0 Å². The number of hydrogen-bond donors (Lipinski definition) is 0. The highest BCUT2D eigenvalue weighted by Crippen LogP contribution is 2.30. The summed E-state index contributed by atoms with van der Waals surface area (Å²) in [6.45, 7) is 0. The van der Waals surface area contributed by atoms with Gasteiger partial charge in [-0.25, -0.2) is 8.42 Å². The Morgan fingerprint density at radius 2 is 1.13 bits per heavy atom. The zero-order chi connectivity index (χ0) is 12.2. The van der Waals surface area contributed by atoms with E-state index >= 15 is 0 Å². The highest BCUT2D eigenvalue weighted by molar-refractivity contribution is 8.02. The second kappa shape index (κ2) is 5.60. The van der Waals surface area contributed by atoms with Crippen LogP contribution in [0.15, 0.2) is 18.8 Å². The van der Waals surface area contributed by atoms with E-state index in [1.807, 2.05) is 0 Å². The molecule has 4 nitrogen and oxygen atoms in total. The fourth-order valence-corrected chi connectivity index (χ4v) is 2.40. The minimum Gasteiger partial charge on any atom is -0.217 e. The normalized spacial score (nSPS) is 14.5. The van der Waals surface area contributed by atoms with Crippen molar-refractivity contribution < 1.29 is 8.42 Å². The number of hydrogen-bond acceptors (Lipinski definition) is 4. The maximum absolute atomic E-state index is 11.4. The molecule has 0 aromatic heterocycles. The molecule has 0 aromatic carbocycles. The van der Waals surface area contributed by atoms with Gasteiger partial charge in [0.1, 0.15) is 22.2 Å². The first kappa shape index (κ1) is 14.6. The Morgan fingerprint density at radius 1 is 0.867 bits per heavy atom. The van der Waals surface area contributed by atoms with Gasteiger partial charge in [0.15, 0.2) is 8.73 Å². The number of allylic oxidation sites excluding steroid dienone is 2. The first-order valence-electron chi connectivity index (χ1n) is 2.94. The minimum absolute atomic E-state index is 0.766. The Kier molecular flexibility index (Phi) is 5.44. The van der Waals surface area contributed by atoms with Crippen LogP contribution in [0.2, 0.25) is 0 Å². The van der Waals surface area contributed by atoms with Gasteiger partial charge in [-0.3, -0.25) is 0 Å². The summed E-state index contributed by atoms with van der Waals surface area (Å²) in [5.74, 6) is 0. The summed E-state index contributed by atoms with van der Waals surface area (Å²) >= 11 is 20.9. The van der Waals surface area contributed by atoms with Gasteiger partial charge in [0.2, 0.25) is 9.84 Å². The van der Waals surface area contributed by atoms with Crippen molar-refractivity contribution in [3.05, 3.63) is 18.8 Å². The smallest absolute Gasteiger partial charge is 0.217 e. The molecule has 0 amide bonds. The topological polar surface area (TPSA) is 81.7 Å². The Morgan fingerprint density at radius 3 is 1.33 bits per heavy atom. The van der Waals surface area contributed by atoms with Crippen LogP contribution >= 0.6 is 46.4 Å². The second-order valence-corrected chi connectivity index (χ2v) is 5.69. The van der Waals surface area contributed by atoms with Gasteiger partial charge >= 0.3 is 0 Å². The van der Waals surface area contributed by atoms with Crippen molar-refractivity contribution in [1.82, 2.24) is 0 Å². The summed E-state index contributed by atoms with van der Waals surface area (Å²) in [5, 5.41) is 15.1. The molecule has 0 aliphatic heterocycles. The molecule has 0 rings (SSSR count). The molecule has 0 N–H and O–H groups in total. The van der Waals surface area contributed by atoms with Gasteiger partial charge in [-0.2, -0.15) is 10.5 Å². The van der Waals surface area contributed by atoms with E-state index < -0.39 is 28.6 Å². The van der Waals surface area contributed by atoms with Crippen molar-refractivity contribution in [2.45, 2.75) is 0 Å². The van der Waals surface area contributed by atoms with Crippen molar-refractivity contribution in [3.63, 3.8) is 0 Å². The molecule has 0 aromatic rings. The van der Waals surface area contributed by atoms with Crippen LogP contribution in [-0.2, 0) is 9.84 Å². The molecule has 0 spiro atoms. The predicted molar refractivity (Wildman–Crippen MR) is 57.6 cm³/mol. The number of sulfone groups is 1. The van der Waals surface area contributed by atoms with Crippen LogP contribution in [0.25, 0.3) is 0 Å². The third kappa shape index (κ3) is 3.27. The molecule has 0 aliphatic rings. The fraction of sp³-hybridized carbons (Fsp3) is 0. The van der Waals surface area contributed by atoms with Crippen molar-refractivity contribution >= 4 is 56.2 Å². The maximum Gasteiger partial charge on any atom is 0.232 e. The standard InChI is InChI=1S/C6Cl4N2O2S/c7-3(1-11)5(9)15(13,14)6(10)4(8)2-12/b5-3+,6-4+. The minimum atomic E-state index is -4.38. The Labute approximate surface area is 106 Å². The van der Waals surface area contributed by atoms with E-state index in [2.05, 4.69) is 0 Å². The molecule has 0 saturated carbocycles. The van der Waals surface area contributed by atoms with Crippen LogP contribution in [0, 0.1) is 22.7 Å². The zero-order valence-corrected chi connectivity index (χ0v) is 10.5. The molecule has 15 heavy (non-hydrogen) atoms. The molecule has 9 heteroatoms. The molecule has 0 saturated heterocycles. The number of nitriles is 2. The van der Waals surface area contributed by atoms with Gasteiger partial charge in [0.05, 0.1) is 0 Å². The first-order chi connectivity index (χ1) is 6.78. The summed E-state index contributed by atoms with van der Waals surface area (Å²) in [4.78, 5) is 0. The lowest BCUT2D eigenvalue weighted by molar-refractivity contribution is 0.611. The summed E-state index contributed by atoms with van der Waals surface area (Å²) < 4.78 is 20.8. The molecule has 0 unspecified atom stereocenters. The van der Waals surface area contributed by atoms with Crippen LogP contribution in [-0.4, -0.2) is 8.42 Å². The third-order valence-corrected chi connectivity index (χ3v) is 4.93. The molecule has 80 valence electrons. The van der Waals surface area contributed by atoms with Gasteiger partial charge in [0, 0.05) is 0 Å². The molecular formula is C6Cl4N2O2S. The van der Waals surface area contributed by atoms with E-state index in [1.165, 1.54) is 12.1 Å². The Balaban J connectivity index is 5.84. The zero-order valence-electron chi connectivity index (χ0n) is 6.63. The predicted octanol–water partition coefficient (Wildman–Crippen LogP) is 2.74. The monoisotopic (exact) mass is 304 g/mol. The van der Waals surface area contributed by atoms with Crippen molar-refractivity contribution in [1.29, 1.82) is 10.5 Å². The van der Waals surface area contributed by atoms with Gasteiger partial charge in [0.25, 0.3) is 0 Å². The van der Waals surface area contributed by atoms with Gasteiger partial charge < -0.3 is 0 Å². The van der Waals surface area contributed by atoms with Crippen molar-refractivity contribution in [3.8, 4) is 12.1 Å². The van der Waals surface area contributed by atoms with Crippen LogP contribution in [0.4, 0.5) is 0 Å². The van der Waals surface area contributed by atoms with E-state index in [9.17, 15) is 8.42 Å². The first-order valence-corrected chi connectivity index (χ1v) is 5.94. The van der Waals surface area contributed by atoms with Gasteiger partial charge in [-0.15, -0.1) is 0 Å². The van der Waals surface area contributed by atoms with E-state index in [-0.39, 0.29) is 0 Å². The van der Waals surface area contributed by atoms with Crippen molar-refractivity contribution in [2.75, 3.05) is 0 Å². The van der Waals surface area contributed by atoms with Crippen molar-refractivity contribution in [2.24, 2.45) is 0 Å². The molecule has 0 fully saturated rings. The van der Waals surface area contributed by atoms with Crippen LogP contribution in [0.3, 0.4) is 0 Å². The van der Waals surface area contributed by atoms with E-state index in [0.29, 0.717) is 0 Å². The fourth-order valence-electron chi connectivity index (χ4n) is 0.403. The van der Waals surface area contributed by atoms with E-state index in [0.717, 1.165) is 0 Å². The summed E-state index contributed by atoms with van der Waals surface area (Å²) in [7, 11) is -4.38. The largest absolute Gasteiger partial charge is 0.232 e. The summed E-state index contributed by atoms with van der Waals surface area (Å²) in [6, 6.07) is 2.62. The third-order valence-electron chi connectivity index (χ3n) is 1.01. The number of rotatable bonds is 2. The molecule has 0 bridgehead atoms.